The molecule has 0 aliphatic heterocycles. The lowest BCUT2D eigenvalue weighted by Gasteiger charge is -2.34. The number of ether oxygens (including phenoxy) is 2. The Labute approximate surface area is 157 Å². The number of alkyl halides is 2. The van der Waals surface area contributed by atoms with Crippen LogP contribution in [0.3, 0.4) is 0 Å². The van der Waals surface area contributed by atoms with E-state index in [1.807, 2.05) is 0 Å². The van der Waals surface area contributed by atoms with Crippen LogP contribution < -0.4 is 4.74 Å². The summed E-state index contributed by atoms with van der Waals surface area (Å²) in [5.41, 5.74) is -0.185. The molecule has 0 saturated heterocycles. The molecule has 2 rings (SSSR count). The van der Waals surface area contributed by atoms with E-state index in [4.69, 9.17) is 14.6 Å². The third kappa shape index (κ3) is 5.17. The Balaban J connectivity index is 2.07. The molecule has 1 aromatic rings. The molecule has 7 heteroatoms. The molecule has 0 spiro atoms. The van der Waals surface area contributed by atoms with Crippen molar-refractivity contribution in [3.8, 4) is 5.75 Å². The third-order valence-electron chi connectivity index (χ3n) is 4.85. The maximum Gasteiger partial charge on any atom is 0.378 e. The van der Waals surface area contributed by atoms with Gasteiger partial charge in [0, 0.05) is 0 Å². The normalized spacial score (nSPS) is 18.0. The second-order valence-electron chi connectivity index (χ2n) is 7.64. The van der Waals surface area contributed by atoms with Crippen molar-refractivity contribution in [2.45, 2.75) is 70.5 Å². The van der Waals surface area contributed by atoms with Crippen LogP contribution in [0.5, 0.6) is 5.75 Å². The zero-order valence-corrected chi connectivity index (χ0v) is 15.8. The zero-order chi connectivity index (χ0) is 20.2. The second-order valence-corrected chi connectivity index (χ2v) is 7.64. The summed E-state index contributed by atoms with van der Waals surface area (Å²) in [4.78, 5) is 23.0. The number of aliphatic carboxylic acids is 1. The molecule has 0 heterocycles. The number of benzene rings is 1. The smallest absolute Gasteiger partial charge is 0.378 e. The fourth-order valence-corrected chi connectivity index (χ4v) is 3.28. The molecule has 1 unspecified atom stereocenters. The van der Waals surface area contributed by atoms with Gasteiger partial charge in [0.1, 0.15) is 11.4 Å². The number of hydrogen-bond acceptors (Lipinski definition) is 4. The molecule has 1 saturated carbocycles. The number of hydrogen-bond donors (Lipinski definition) is 1. The average Bonchev–Trinajstić information content (AvgIpc) is 2.59. The summed E-state index contributed by atoms with van der Waals surface area (Å²) in [5, 5.41) is 8.70. The summed E-state index contributed by atoms with van der Waals surface area (Å²) in [6.45, 7) is 4.79. The van der Waals surface area contributed by atoms with Crippen LogP contribution in [0.15, 0.2) is 24.3 Å². The molecule has 0 aromatic heterocycles. The van der Waals surface area contributed by atoms with Crippen molar-refractivity contribution in [3.05, 3.63) is 29.8 Å². The largest absolute Gasteiger partial charge is 0.488 e. The van der Waals surface area contributed by atoms with Gasteiger partial charge in [0.25, 0.3) is 0 Å². The topological polar surface area (TPSA) is 72.8 Å². The van der Waals surface area contributed by atoms with Crippen molar-refractivity contribution in [2.24, 2.45) is 5.92 Å². The van der Waals surface area contributed by atoms with Crippen molar-refractivity contribution >= 4 is 11.9 Å². The number of esters is 1. The minimum atomic E-state index is -4.16. The molecule has 27 heavy (non-hydrogen) atoms. The number of halogens is 2. The maximum atomic E-state index is 13.8. The van der Waals surface area contributed by atoms with E-state index in [9.17, 15) is 18.4 Å². The Morgan fingerprint density at radius 3 is 2.15 bits per heavy atom. The maximum absolute atomic E-state index is 13.8. The van der Waals surface area contributed by atoms with Gasteiger partial charge in [-0.2, -0.15) is 8.78 Å². The average molecular weight is 384 g/mol. The monoisotopic (exact) mass is 384 g/mol. The highest BCUT2D eigenvalue weighted by Gasteiger charge is 2.51. The van der Waals surface area contributed by atoms with Gasteiger partial charge in [-0.15, -0.1) is 0 Å². The molecule has 1 atom stereocenters. The van der Waals surface area contributed by atoms with Crippen LogP contribution in [0.2, 0.25) is 0 Å². The van der Waals surface area contributed by atoms with Gasteiger partial charge in [0.2, 0.25) is 0 Å². The fourth-order valence-electron chi connectivity index (χ4n) is 3.28. The van der Waals surface area contributed by atoms with Crippen LogP contribution in [0.1, 0.15) is 63.2 Å². The molecule has 1 aliphatic rings. The molecule has 1 fully saturated rings. The molecule has 5 nitrogen and oxygen atoms in total. The zero-order valence-electron chi connectivity index (χ0n) is 15.8. The lowest BCUT2D eigenvalue weighted by Crippen LogP contribution is -2.47. The lowest BCUT2D eigenvalue weighted by molar-refractivity contribution is -0.187. The highest BCUT2D eigenvalue weighted by atomic mass is 19.3. The quantitative estimate of drug-likeness (QED) is 0.691. The second kappa shape index (κ2) is 8.23. The van der Waals surface area contributed by atoms with Crippen molar-refractivity contribution in [1.82, 2.24) is 0 Å². The summed E-state index contributed by atoms with van der Waals surface area (Å²) in [7, 11) is 0. The summed E-state index contributed by atoms with van der Waals surface area (Å²) < 4.78 is 38.5. The van der Waals surface area contributed by atoms with Gasteiger partial charge in [-0.05, 0) is 62.8 Å². The lowest BCUT2D eigenvalue weighted by atomic mass is 9.86. The molecular formula is C20H26F2O5. The van der Waals surface area contributed by atoms with Crippen LogP contribution in [-0.4, -0.2) is 34.7 Å². The van der Waals surface area contributed by atoms with E-state index < -0.39 is 29.9 Å². The highest BCUT2D eigenvalue weighted by Crippen LogP contribution is 2.33. The Kier molecular flexibility index (Phi) is 6.44. The Morgan fingerprint density at radius 1 is 1.11 bits per heavy atom. The fraction of sp³-hybridized carbons (Fsp3) is 0.600. The van der Waals surface area contributed by atoms with Crippen LogP contribution in [-0.2, 0) is 9.53 Å². The van der Waals surface area contributed by atoms with Crippen molar-refractivity contribution < 1.29 is 33.0 Å². The predicted molar refractivity (Wildman–Crippen MR) is 95.2 cm³/mol. The van der Waals surface area contributed by atoms with Crippen LogP contribution in [0.4, 0.5) is 8.78 Å². The minimum Gasteiger partial charge on any atom is -0.488 e. The Bertz CT molecular complexity index is 663. The molecule has 0 amide bonds. The third-order valence-corrected chi connectivity index (χ3v) is 4.85. The van der Waals surface area contributed by atoms with Crippen LogP contribution >= 0.6 is 0 Å². The predicted octanol–water partition coefficient (Wildman–Crippen LogP) is 4.69. The van der Waals surface area contributed by atoms with Crippen molar-refractivity contribution in [1.29, 1.82) is 0 Å². The van der Waals surface area contributed by atoms with Gasteiger partial charge in [-0.1, -0.05) is 20.3 Å². The Morgan fingerprint density at radius 2 is 1.67 bits per heavy atom. The van der Waals surface area contributed by atoms with Gasteiger partial charge < -0.3 is 14.6 Å². The van der Waals surface area contributed by atoms with E-state index in [1.54, 1.807) is 12.1 Å². The van der Waals surface area contributed by atoms with E-state index in [1.165, 1.54) is 32.4 Å². The van der Waals surface area contributed by atoms with E-state index in [0.717, 1.165) is 25.7 Å². The molecule has 1 aromatic carbocycles. The summed E-state index contributed by atoms with van der Waals surface area (Å²) >= 11 is 0. The van der Waals surface area contributed by atoms with Crippen LogP contribution in [0, 0.1) is 5.92 Å². The standard InChI is InChI=1S/C20H26F2O5/c1-13(2)16(20(21,22)18(24)25)26-17(23)14-7-9-15(10-8-14)27-19(3)11-5-4-6-12-19/h7-10,13,16H,4-6,11-12H2,1-3H3,(H,24,25). The SMILES string of the molecule is CC(C)C(OC(=O)c1ccc(OC2(C)CCCCC2)cc1)C(F)(F)C(=O)O. The summed E-state index contributed by atoms with van der Waals surface area (Å²) in [6.07, 6.45) is 3.26. The Hall–Kier alpha value is -2.18. The van der Waals surface area contributed by atoms with E-state index in [2.05, 4.69) is 6.92 Å². The molecular weight excluding hydrogens is 358 g/mol. The number of carboxylic acid groups (broad SMARTS) is 1. The van der Waals surface area contributed by atoms with E-state index >= 15 is 0 Å². The van der Waals surface area contributed by atoms with Gasteiger partial charge in [-0.25, -0.2) is 9.59 Å². The number of rotatable bonds is 7. The van der Waals surface area contributed by atoms with E-state index in [0.29, 0.717) is 5.75 Å². The van der Waals surface area contributed by atoms with Gasteiger partial charge in [0.15, 0.2) is 6.10 Å². The first-order chi connectivity index (χ1) is 12.5. The number of carboxylic acids is 1. The van der Waals surface area contributed by atoms with E-state index in [-0.39, 0.29) is 11.2 Å². The van der Waals surface area contributed by atoms with Gasteiger partial charge in [0.05, 0.1) is 5.56 Å². The molecule has 1 aliphatic carbocycles. The molecule has 0 bridgehead atoms. The first-order valence-corrected chi connectivity index (χ1v) is 9.16. The first-order valence-electron chi connectivity index (χ1n) is 9.16. The first kappa shape index (κ1) is 21.1. The van der Waals surface area contributed by atoms with Gasteiger partial charge in [-0.3, -0.25) is 0 Å². The summed E-state index contributed by atoms with van der Waals surface area (Å²) in [6, 6.07) is 6.05. The minimum absolute atomic E-state index is 0.0583. The molecule has 1 N–H and O–H groups in total. The number of carbonyl (C=O) groups is 2. The van der Waals surface area contributed by atoms with Gasteiger partial charge >= 0.3 is 17.9 Å². The van der Waals surface area contributed by atoms with Crippen LogP contribution in [0.25, 0.3) is 0 Å². The number of carbonyl (C=O) groups excluding carboxylic acids is 1. The highest BCUT2D eigenvalue weighted by molar-refractivity contribution is 5.90. The summed E-state index contributed by atoms with van der Waals surface area (Å²) in [5.74, 6) is -7.76. The molecule has 0 radical (unpaired) electrons. The molecule has 150 valence electrons. The van der Waals surface area contributed by atoms with Crippen molar-refractivity contribution in [3.63, 3.8) is 0 Å². The van der Waals surface area contributed by atoms with Crippen molar-refractivity contribution in [2.75, 3.05) is 0 Å².